The zero-order chi connectivity index (χ0) is 20.8. The molecule has 0 bridgehead atoms. The van der Waals surface area contributed by atoms with E-state index in [2.05, 4.69) is 5.32 Å². The van der Waals surface area contributed by atoms with Crippen molar-refractivity contribution in [2.45, 2.75) is 6.92 Å². The van der Waals surface area contributed by atoms with Gasteiger partial charge in [0, 0.05) is 50.9 Å². The fraction of sp³-hybridized carbons (Fsp3) is 0.238. The number of piperazine rings is 1. The number of nitro benzene ring substituents is 1. The summed E-state index contributed by atoms with van der Waals surface area (Å²) in [7, 11) is 0. The third-order valence-electron chi connectivity index (χ3n) is 4.66. The number of carbonyl (C=O) groups excluding carboxylic acids is 2. The lowest BCUT2D eigenvalue weighted by Crippen LogP contribution is -2.48. The molecule has 0 spiro atoms. The predicted molar refractivity (Wildman–Crippen MR) is 112 cm³/mol. The first-order valence-electron chi connectivity index (χ1n) is 9.27. The van der Waals surface area contributed by atoms with Gasteiger partial charge >= 0.3 is 0 Å². The maximum Gasteiger partial charge on any atom is 0.292 e. The highest BCUT2D eigenvalue weighted by molar-refractivity contribution is 5.92. The number of hydrogen-bond acceptors (Lipinski definition) is 5. The molecule has 1 aliphatic heterocycles. The molecule has 0 saturated carbocycles. The number of rotatable bonds is 5. The summed E-state index contributed by atoms with van der Waals surface area (Å²) in [6.45, 7) is 3.52. The molecule has 0 unspecified atom stereocenters. The number of para-hydroxylation sites is 2. The lowest BCUT2D eigenvalue weighted by molar-refractivity contribution is -0.384. The van der Waals surface area contributed by atoms with Crippen LogP contribution in [0.1, 0.15) is 12.5 Å². The van der Waals surface area contributed by atoms with E-state index in [9.17, 15) is 19.7 Å². The number of carbonyl (C=O) groups is 2. The Bertz CT molecular complexity index is 932. The zero-order valence-electron chi connectivity index (χ0n) is 16.1. The quantitative estimate of drug-likeness (QED) is 0.478. The van der Waals surface area contributed by atoms with Gasteiger partial charge in [-0.2, -0.15) is 0 Å². The van der Waals surface area contributed by atoms with Crippen LogP contribution in [0.15, 0.2) is 54.6 Å². The molecule has 0 aliphatic carbocycles. The Morgan fingerprint density at radius 3 is 2.31 bits per heavy atom. The summed E-state index contributed by atoms with van der Waals surface area (Å²) in [6.07, 6.45) is 3.25. The molecule has 150 valence electrons. The summed E-state index contributed by atoms with van der Waals surface area (Å²) < 4.78 is 0. The molecule has 2 aromatic carbocycles. The van der Waals surface area contributed by atoms with E-state index < -0.39 is 0 Å². The molecular weight excluding hydrogens is 372 g/mol. The highest BCUT2D eigenvalue weighted by Gasteiger charge is 2.24. The van der Waals surface area contributed by atoms with E-state index in [4.69, 9.17) is 0 Å². The Hall–Kier alpha value is -3.68. The number of nitrogens with zero attached hydrogens (tertiary/aromatic N) is 3. The first-order chi connectivity index (χ1) is 13.9. The summed E-state index contributed by atoms with van der Waals surface area (Å²) in [5.41, 5.74) is 2.22. The minimum absolute atomic E-state index is 0.0786. The van der Waals surface area contributed by atoms with Crippen LogP contribution < -0.4 is 10.2 Å². The van der Waals surface area contributed by atoms with Crippen molar-refractivity contribution < 1.29 is 14.5 Å². The zero-order valence-corrected chi connectivity index (χ0v) is 16.1. The predicted octanol–water partition coefficient (Wildman–Crippen LogP) is 2.92. The van der Waals surface area contributed by atoms with Crippen molar-refractivity contribution in [3.63, 3.8) is 0 Å². The number of amides is 2. The van der Waals surface area contributed by atoms with Gasteiger partial charge in [0.05, 0.1) is 4.92 Å². The molecule has 8 nitrogen and oxygen atoms in total. The van der Waals surface area contributed by atoms with Crippen LogP contribution in [0, 0.1) is 10.1 Å². The Kier molecular flexibility index (Phi) is 6.23. The number of benzene rings is 2. The van der Waals surface area contributed by atoms with Gasteiger partial charge in [-0.1, -0.05) is 24.3 Å². The van der Waals surface area contributed by atoms with E-state index in [-0.39, 0.29) is 22.4 Å². The molecule has 3 rings (SSSR count). The fourth-order valence-electron chi connectivity index (χ4n) is 3.21. The Labute approximate surface area is 168 Å². The molecule has 1 saturated heterocycles. The van der Waals surface area contributed by atoms with Gasteiger partial charge in [-0.05, 0) is 29.8 Å². The van der Waals surface area contributed by atoms with Crippen molar-refractivity contribution in [2.24, 2.45) is 0 Å². The third-order valence-corrected chi connectivity index (χ3v) is 4.66. The number of nitrogens with one attached hydrogen (secondary N) is 1. The van der Waals surface area contributed by atoms with Crippen LogP contribution >= 0.6 is 0 Å². The van der Waals surface area contributed by atoms with Crippen LogP contribution in [0.2, 0.25) is 0 Å². The normalized spacial score (nSPS) is 14.1. The van der Waals surface area contributed by atoms with Crippen LogP contribution in [-0.4, -0.2) is 47.8 Å². The molecule has 0 atom stereocenters. The van der Waals surface area contributed by atoms with Crippen molar-refractivity contribution in [1.29, 1.82) is 0 Å². The number of nitro groups is 1. The van der Waals surface area contributed by atoms with E-state index in [1.807, 2.05) is 17.0 Å². The van der Waals surface area contributed by atoms with Gasteiger partial charge in [0.1, 0.15) is 5.69 Å². The van der Waals surface area contributed by atoms with Gasteiger partial charge in [0.25, 0.3) is 5.69 Å². The second-order valence-corrected chi connectivity index (χ2v) is 6.69. The van der Waals surface area contributed by atoms with E-state index >= 15 is 0 Å². The van der Waals surface area contributed by atoms with Crippen LogP contribution in [-0.2, 0) is 9.59 Å². The maximum absolute atomic E-state index is 12.5. The van der Waals surface area contributed by atoms with Crippen molar-refractivity contribution in [3.05, 3.63) is 70.3 Å². The Morgan fingerprint density at radius 2 is 1.69 bits per heavy atom. The second-order valence-electron chi connectivity index (χ2n) is 6.69. The molecule has 1 heterocycles. The summed E-state index contributed by atoms with van der Waals surface area (Å²) >= 11 is 0. The highest BCUT2D eigenvalue weighted by Crippen LogP contribution is 2.28. The van der Waals surface area contributed by atoms with Crippen LogP contribution in [0.3, 0.4) is 0 Å². The summed E-state index contributed by atoms with van der Waals surface area (Å²) in [6, 6.07) is 13.8. The van der Waals surface area contributed by atoms with Crippen molar-refractivity contribution in [2.75, 3.05) is 36.4 Å². The number of hydrogen-bond donors (Lipinski definition) is 1. The van der Waals surface area contributed by atoms with Crippen molar-refractivity contribution in [1.82, 2.24) is 4.90 Å². The fourth-order valence-corrected chi connectivity index (χ4v) is 3.21. The van der Waals surface area contributed by atoms with E-state index in [1.165, 1.54) is 19.1 Å². The molecule has 2 aromatic rings. The first-order valence-corrected chi connectivity index (χ1v) is 9.27. The molecule has 1 N–H and O–H groups in total. The average Bonchev–Trinajstić information content (AvgIpc) is 2.72. The first kappa shape index (κ1) is 20.1. The monoisotopic (exact) mass is 394 g/mol. The molecule has 29 heavy (non-hydrogen) atoms. The largest absolute Gasteiger partial charge is 0.362 e. The molecule has 0 radical (unpaired) electrons. The van der Waals surface area contributed by atoms with Gasteiger partial charge in [-0.3, -0.25) is 19.7 Å². The lowest BCUT2D eigenvalue weighted by Gasteiger charge is -2.35. The van der Waals surface area contributed by atoms with E-state index in [0.29, 0.717) is 37.6 Å². The van der Waals surface area contributed by atoms with Gasteiger partial charge in [0.15, 0.2) is 0 Å². The Morgan fingerprint density at radius 1 is 1.03 bits per heavy atom. The molecule has 8 heteroatoms. The molecular formula is C21H22N4O4. The van der Waals surface area contributed by atoms with Crippen LogP contribution in [0.25, 0.3) is 6.08 Å². The van der Waals surface area contributed by atoms with Crippen molar-refractivity contribution >= 4 is 35.0 Å². The summed E-state index contributed by atoms with van der Waals surface area (Å²) in [5, 5.41) is 13.9. The molecule has 1 fully saturated rings. The minimum atomic E-state index is -0.382. The van der Waals surface area contributed by atoms with E-state index in [0.717, 1.165) is 5.56 Å². The molecule has 2 amide bonds. The average molecular weight is 394 g/mol. The topological polar surface area (TPSA) is 95.8 Å². The lowest BCUT2D eigenvalue weighted by atomic mass is 10.2. The van der Waals surface area contributed by atoms with Crippen molar-refractivity contribution in [3.8, 4) is 0 Å². The Balaban J connectivity index is 1.57. The SMILES string of the molecule is CC(=O)Nc1ccc(/C=C/C(=O)N2CCN(c3ccccc3[N+](=O)[O-])CC2)cc1. The summed E-state index contributed by atoms with van der Waals surface area (Å²) in [4.78, 5) is 38.0. The third kappa shape index (κ3) is 5.19. The van der Waals surface area contributed by atoms with Gasteiger partial charge in [-0.25, -0.2) is 0 Å². The van der Waals surface area contributed by atoms with Gasteiger partial charge in [-0.15, -0.1) is 0 Å². The smallest absolute Gasteiger partial charge is 0.292 e. The molecule has 0 aromatic heterocycles. The minimum Gasteiger partial charge on any atom is -0.362 e. The van der Waals surface area contributed by atoms with Crippen LogP contribution in [0.5, 0.6) is 0 Å². The molecule has 1 aliphatic rings. The highest BCUT2D eigenvalue weighted by atomic mass is 16.6. The standard InChI is InChI=1S/C21H22N4O4/c1-16(26)22-18-9-6-17(7-10-18)8-11-21(27)24-14-12-23(13-15-24)19-4-2-3-5-20(19)25(28)29/h2-11H,12-15H2,1H3,(H,22,26)/b11-8+. The second kappa shape index (κ2) is 9.01. The maximum atomic E-state index is 12.5. The van der Waals surface area contributed by atoms with Gasteiger partial charge in [0.2, 0.25) is 11.8 Å². The van der Waals surface area contributed by atoms with E-state index in [1.54, 1.807) is 41.3 Å². The van der Waals surface area contributed by atoms with Crippen LogP contribution in [0.4, 0.5) is 17.1 Å². The summed E-state index contributed by atoms with van der Waals surface area (Å²) in [5.74, 6) is -0.235. The van der Waals surface area contributed by atoms with Gasteiger partial charge < -0.3 is 15.1 Å². The number of anilines is 2.